The van der Waals surface area contributed by atoms with Crippen molar-refractivity contribution in [2.45, 2.75) is 19.6 Å². The lowest BCUT2D eigenvalue weighted by atomic mass is 10.2. The second-order valence-corrected chi connectivity index (χ2v) is 4.76. The van der Waals surface area contributed by atoms with E-state index >= 15 is 0 Å². The zero-order chi connectivity index (χ0) is 14.8. The number of aryl methyl sites for hydroxylation is 1. The minimum atomic E-state index is -4.46. The van der Waals surface area contributed by atoms with Gasteiger partial charge in [-0.2, -0.15) is 13.2 Å². The third kappa shape index (κ3) is 3.63. The molecule has 1 N–H and O–H groups in total. The Morgan fingerprint density at radius 2 is 1.95 bits per heavy atom. The van der Waals surface area contributed by atoms with Gasteiger partial charge in [-0.25, -0.2) is 0 Å². The minimum Gasteiger partial charge on any atom is -0.381 e. The molecule has 20 heavy (non-hydrogen) atoms. The number of hydrogen-bond donors (Lipinski definition) is 1. The summed E-state index contributed by atoms with van der Waals surface area (Å²) in [5.74, 6) is 0. The van der Waals surface area contributed by atoms with E-state index in [2.05, 4.69) is 10.3 Å². The Hall–Kier alpha value is -1.75. The Kier molecular flexibility index (Phi) is 4.18. The van der Waals surface area contributed by atoms with Crippen molar-refractivity contribution < 1.29 is 13.2 Å². The molecule has 0 unspecified atom stereocenters. The van der Waals surface area contributed by atoms with Crippen molar-refractivity contribution in [1.29, 1.82) is 0 Å². The van der Waals surface area contributed by atoms with E-state index in [1.165, 1.54) is 12.1 Å². The van der Waals surface area contributed by atoms with Crippen LogP contribution in [0.2, 0.25) is 5.02 Å². The first-order valence-electron chi connectivity index (χ1n) is 5.88. The second kappa shape index (κ2) is 5.71. The van der Waals surface area contributed by atoms with Crippen molar-refractivity contribution in [1.82, 2.24) is 4.98 Å². The minimum absolute atomic E-state index is 0.306. The molecule has 0 atom stereocenters. The molecule has 106 valence electrons. The summed E-state index contributed by atoms with van der Waals surface area (Å²) >= 11 is 5.56. The summed E-state index contributed by atoms with van der Waals surface area (Å²) in [6.45, 7) is 2.26. The fourth-order valence-electron chi connectivity index (χ4n) is 1.66. The summed E-state index contributed by atoms with van der Waals surface area (Å²) in [6, 6.07) is 7.47. The number of nitrogens with zero attached hydrogens (tertiary/aromatic N) is 1. The van der Waals surface area contributed by atoms with Gasteiger partial charge in [-0.1, -0.05) is 17.7 Å². The van der Waals surface area contributed by atoms with Gasteiger partial charge >= 0.3 is 6.18 Å². The van der Waals surface area contributed by atoms with E-state index < -0.39 is 11.7 Å². The van der Waals surface area contributed by atoms with Crippen LogP contribution >= 0.6 is 11.6 Å². The second-order valence-electron chi connectivity index (χ2n) is 4.35. The standard InChI is InChI=1S/C14H12ClF3N2/c1-9-2-3-10(7-19-9)8-20-11-4-5-13(15)12(6-11)14(16,17)18/h2-7,20H,8H2,1H3. The lowest BCUT2D eigenvalue weighted by Crippen LogP contribution is -2.07. The third-order valence-electron chi connectivity index (χ3n) is 2.74. The SMILES string of the molecule is Cc1ccc(CNc2ccc(Cl)c(C(F)(F)F)c2)cn1. The topological polar surface area (TPSA) is 24.9 Å². The predicted octanol–water partition coefficient (Wildman–Crippen LogP) is 4.67. The summed E-state index contributed by atoms with van der Waals surface area (Å²) in [7, 11) is 0. The highest BCUT2D eigenvalue weighted by atomic mass is 35.5. The number of aromatic nitrogens is 1. The van der Waals surface area contributed by atoms with E-state index in [-0.39, 0.29) is 5.02 Å². The lowest BCUT2D eigenvalue weighted by Gasteiger charge is -2.12. The Balaban J connectivity index is 2.12. The van der Waals surface area contributed by atoms with Gasteiger partial charge in [0.25, 0.3) is 0 Å². The summed E-state index contributed by atoms with van der Waals surface area (Å²) < 4.78 is 38.1. The van der Waals surface area contributed by atoms with Gasteiger partial charge in [0.1, 0.15) is 0 Å². The smallest absolute Gasteiger partial charge is 0.381 e. The summed E-state index contributed by atoms with van der Waals surface area (Å²) in [5.41, 5.74) is 1.30. The molecular formula is C14H12ClF3N2. The first kappa shape index (κ1) is 14.7. The molecule has 0 amide bonds. The molecular weight excluding hydrogens is 289 g/mol. The Morgan fingerprint density at radius 1 is 1.20 bits per heavy atom. The molecule has 0 radical (unpaired) electrons. The highest BCUT2D eigenvalue weighted by Gasteiger charge is 2.33. The van der Waals surface area contributed by atoms with Crippen LogP contribution in [0.4, 0.5) is 18.9 Å². The number of anilines is 1. The molecule has 0 bridgehead atoms. The van der Waals surface area contributed by atoms with E-state index in [0.29, 0.717) is 12.2 Å². The van der Waals surface area contributed by atoms with E-state index in [0.717, 1.165) is 17.3 Å². The summed E-state index contributed by atoms with van der Waals surface area (Å²) in [4.78, 5) is 4.12. The van der Waals surface area contributed by atoms with E-state index in [4.69, 9.17) is 11.6 Å². The zero-order valence-electron chi connectivity index (χ0n) is 10.6. The maximum absolute atomic E-state index is 12.7. The van der Waals surface area contributed by atoms with Crippen LogP contribution in [0.1, 0.15) is 16.8 Å². The van der Waals surface area contributed by atoms with Gasteiger partial charge < -0.3 is 5.32 Å². The average Bonchev–Trinajstić information content (AvgIpc) is 2.38. The number of halogens is 4. The molecule has 2 aromatic rings. The molecule has 0 saturated carbocycles. The Labute approximate surface area is 119 Å². The molecule has 0 aliphatic carbocycles. The number of hydrogen-bond acceptors (Lipinski definition) is 2. The molecule has 0 fully saturated rings. The number of benzene rings is 1. The highest BCUT2D eigenvalue weighted by molar-refractivity contribution is 6.31. The van der Waals surface area contributed by atoms with Gasteiger partial charge in [-0.15, -0.1) is 0 Å². The monoisotopic (exact) mass is 300 g/mol. The third-order valence-corrected chi connectivity index (χ3v) is 3.07. The van der Waals surface area contributed by atoms with Crippen molar-refractivity contribution in [3.8, 4) is 0 Å². The van der Waals surface area contributed by atoms with Crippen LogP contribution in [-0.2, 0) is 12.7 Å². The number of pyridine rings is 1. The molecule has 1 aromatic heterocycles. The first-order chi connectivity index (χ1) is 9.36. The fraction of sp³-hybridized carbons (Fsp3) is 0.214. The zero-order valence-corrected chi connectivity index (χ0v) is 11.4. The molecule has 2 nitrogen and oxygen atoms in total. The predicted molar refractivity (Wildman–Crippen MR) is 72.8 cm³/mol. The van der Waals surface area contributed by atoms with Crippen LogP contribution in [0, 0.1) is 6.92 Å². The quantitative estimate of drug-likeness (QED) is 0.890. The van der Waals surface area contributed by atoms with E-state index in [1.807, 2.05) is 19.1 Å². The van der Waals surface area contributed by atoms with Gasteiger partial charge in [-0.3, -0.25) is 4.98 Å². The van der Waals surface area contributed by atoms with Gasteiger partial charge in [-0.05, 0) is 36.8 Å². The van der Waals surface area contributed by atoms with Crippen LogP contribution in [0.3, 0.4) is 0 Å². The summed E-state index contributed by atoms with van der Waals surface area (Å²) in [5, 5.41) is 2.62. The molecule has 1 heterocycles. The number of alkyl halides is 3. The summed E-state index contributed by atoms with van der Waals surface area (Å²) in [6.07, 6.45) is -2.77. The maximum atomic E-state index is 12.7. The highest BCUT2D eigenvalue weighted by Crippen LogP contribution is 2.36. The van der Waals surface area contributed by atoms with Crippen LogP contribution in [0.5, 0.6) is 0 Å². The molecule has 2 rings (SSSR count). The van der Waals surface area contributed by atoms with E-state index in [1.54, 1.807) is 6.20 Å². The largest absolute Gasteiger partial charge is 0.417 e. The normalized spacial score (nSPS) is 11.4. The molecule has 6 heteroatoms. The molecule has 0 spiro atoms. The number of nitrogens with one attached hydrogen (secondary N) is 1. The number of rotatable bonds is 3. The Bertz CT molecular complexity index is 594. The molecule has 1 aromatic carbocycles. The van der Waals surface area contributed by atoms with Gasteiger partial charge in [0.15, 0.2) is 0 Å². The Morgan fingerprint density at radius 3 is 2.55 bits per heavy atom. The average molecular weight is 301 g/mol. The van der Waals surface area contributed by atoms with Crippen LogP contribution in [-0.4, -0.2) is 4.98 Å². The van der Waals surface area contributed by atoms with Crippen LogP contribution in [0.25, 0.3) is 0 Å². The van der Waals surface area contributed by atoms with Crippen molar-refractivity contribution in [2.75, 3.05) is 5.32 Å². The fourth-order valence-corrected chi connectivity index (χ4v) is 1.88. The molecule has 0 aliphatic heterocycles. The van der Waals surface area contributed by atoms with Crippen molar-refractivity contribution >= 4 is 17.3 Å². The maximum Gasteiger partial charge on any atom is 0.417 e. The first-order valence-corrected chi connectivity index (χ1v) is 6.26. The molecule has 0 saturated heterocycles. The van der Waals surface area contributed by atoms with Crippen molar-refractivity contribution in [3.05, 3.63) is 58.4 Å². The van der Waals surface area contributed by atoms with Crippen molar-refractivity contribution in [3.63, 3.8) is 0 Å². The van der Waals surface area contributed by atoms with Crippen LogP contribution < -0.4 is 5.32 Å². The van der Waals surface area contributed by atoms with Crippen LogP contribution in [0.15, 0.2) is 36.5 Å². The van der Waals surface area contributed by atoms with Crippen molar-refractivity contribution in [2.24, 2.45) is 0 Å². The van der Waals surface area contributed by atoms with E-state index in [9.17, 15) is 13.2 Å². The van der Waals surface area contributed by atoms with Gasteiger partial charge in [0.2, 0.25) is 0 Å². The lowest BCUT2D eigenvalue weighted by molar-refractivity contribution is -0.137. The molecule has 0 aliphatic rings. The van der Waals surface area contributed by atoms with Gasteiger partial charge in [0.05, 0.1) is 10.6 Å². The van der Waals surface area contributed by atoms with Gasteiger partial charge in [0, 0.05) is 24.1 Å².